The SMILES string of the molecule is CC1(C)O[C@H](c2ccc(-c3ccc(CCl)nc3)cc2)[C@](C)(F)N1C(=O)C(F)F. The van der Waals surface area contributed by atoms with E-state index < -0.39 is 30.0 Å². The third-order valence-electron chi connectivity index (χ3n) is 4.78. The van der Waals surface area contributed by atoms with Gasteiger partial charge in [0.25, 0.3) is 5.91 Å². The quantitative estimate of drug-likeness (QED) is 0.520. The van der Waals surface area contributed by atoms with Crippen LogP contribution in [0.3, 0.4) is 0 Å². The summed E-state index contributed by atoms with van der Waals surface area (Å²) in [5.41, 5.74) is 1.38. The molecule has 28 heavy (non-hydrogen) atoms. The first-order valence-electron chi connectivity index (χ1n) is 8.68. The highest BCUT2D eigenvalue weighted by Gasteiger charge is 2.60. The number of benzene rings is 1. The standard InChI is InChI=1S/C20H20ClF3N2O2/c1-19(2)26(18(27)17(22)23)20(3,24)16(28-19)13-6-4-12(5-7-13)14-8-9-15(10-21)25-11-14/h4-9,11,16-17H,10H2,1-3H3/t16-,20-/m1/s1. The fraction of sp³-hybridized carbons (Fsp3) is 0.400. The lowest BCUT2D eigenvalue weighted by atomic mass is 9.98. The molecule has 0 unspecified atom stereocenters. The first-order valence-corrected chi connectivity index (χ1v) is 9.21. The van der Waals surface area contributed by atoms with Crippen LogP contribution in [0.1, 0.15) is 38.1 Å². The van der Waals surface area contributed by atoms with E-state index in [1.807, 2.05) is 12.1 Å². The number of halogens is 4. The van der Waals surface area contributed by atoms with Crippen LogP contribution in [0.5, 0.6) is 0 Å². The molecule has 1 aliphatic heterocycles. The van der Waals surface area contributed by atoms with E-state index in [0.717, 1.165) is 23.7 Å². The van der Waals surface area contributed by atoms with Crippen LogP contribution in [0, 0.1) is 0 Å². The van der Waals surface area contributed by atoms with Crippen LogP contribution < -0.4 is 0 Å². The van der Waals surface area contributed by atoms with Crippen molar-refractivity contribution in [3.05, 3.63) is 53.9 Å². The Bertz CT molecular complexity index is 855. The molecule has 1 saturated heterocycles. The van der Waals surface area contributed by atoms with Gasteiger partial charge < -0.3 is 4.74 Å². The lowest BCUT2D eigenvalue weighted by Gasteiger charge is -2.35. The molecule has 8 heteroatoms. The molecule has 4 nitrogen and oxygen atoms in total. The van der Waals surface area contributed by atoms with Crippen molar-refractivity contribution in [1.82, 2.24) is 9.88 Å². The molecule has 0 spiro atoms. The normalized spacial score (nSPS) is 24.0. The summed E-state index contributed by atoms with van der Waals surface area (Å²) >= 11 is 5.74. The number of nitrogens with zero attached hydrogens (tertiary/aromatic N) is 2. The van der Waals surface area contributed by atoms with Crippen molar-refractivity contribution < 1.29 is 22.7 Å². The van der Waals surface area contributed by atoms with Gasteiger partial charge in [0.1, 0.15) is 11.8 Å². The lowest BCUT2D eigenvalue weighted by Crippen LogP contribution is -2.54. The Balaban J connectivity index is 1.90. The summed E-state index contributed by atoms with van der Waals surface area (Å²) in [7, 11) is 0. The molecule has 2 aromatic rings. The van der Waals surface area contributed by atoms with Gasteiger partial charge in [-0.1, -0.05) is 30.3 Å². The molecule has 0 aliphatic carbocycles. The summed E-state index contributed by atoms with van der Waals surface area (Å²) in [5, 5.41) is 0. The van der Waals surface area contributed by atoms with E-state index >= 15 is 4.39 Å². The number of amides is 1. The summed E-state index contributed by atoms with van der Waals surface area (Å²) in [5.74, 6) is -3.71. The van der Waals surface area contributed by atoms with E-state index in [1.165, 1.54) is 13.8 Å². The molecule has 0 bridgehead atoms. The molecule has 2 heterocycles. The number of alkyl halides is 4. The second-order valence-corrected chi connectivity index (χ2v) is 7.50. The molecule has 1 aliphatic rings. The first kappa shape index (κ1) is 20.6. The van der Waals surface area contributed by atoms with Crippen molar-refractivity contribution in [2.75, 3.05) is 0 Å². The monoisotopic (exact) mass is 412 g/mol. The highest BCUT2D eigenvalue weighted by atomic mass is 35.5. The van der Waals surface area contributed by atoms with Gasteiger partial charge in [0.2, 0.25) is 5.79 Å². The minimum absolute atomic E-state index is 0.316. The summed E-state index contributed by atoms with van der Waals surface area (Å²) < 4.78 is 47.1. The van der Waals surface area contributed by atoms with E-state index in [-0.39, 0.29) is 0 Å². The van der Waals surface area contributed by atoms with E-state index in [9.17, 15) is 13.6 Å². The van der Waals surface area contributed by atoms with Gasteiger partial charge in [-0.05, 0) is 38.0 Å². The highest BCUT2D eigenvalue weighted by Crippen LogP contribution is 2.49. The Morgan fingerprint density at radius 1 is 1.18 bits per heavy atom. The Morgan fingerprint density at radius 3 is 2.29 bits per heavy atom. The number of carbonyl (C=O) groups is 1. The second kappa shape index (κ2) is 7.37. The van der Waals surface area contributed by atoms with Crippen molar-refractivity contribution in [3.8, 4) is 11.1 Å². The molecular weight excluding hydrogens is 393 g/mol. The van der Waals surface area contributed by atoms with E-state index in [1.54, 1.807) is 30.5 Å². The molecule has 0 radical (unpaired) electrons. The van der Waals surface area contributed by atoms with Crippen LogP contribution in [0.15, 0.2) is 42.6 Å². The molecule has 1 amide bonds. The van der Waals surface area contributed by atoms with Gasteiger partial charge in [-0.2, -0.15) is 8.78 Å². The predicted octanol–water partition coefficient (Wildman–Crippen LogP) is 5.07. The van der Waals surface area contributed by atoms with Crippen molar-refractivity contribution in [3.63, 3.8) is 0 Å². The smallest absolute Gasteiger partial charge is 0.315 e. The molecule has 1 aromatic heterocycles. The maximum atomic E-state index is 15.5. The number of ether oxygens (including phenoxy) is 1. The topological polar surface area (TPSA) is 42.4 Å². The molecule has 2 atom stereocenters. The average Bonchev–Trinajstić information content (AvgIpc) is 2.85. The van der Waals surface area contributed by atoms with Crippen LogP contribution in [0.4, 0.5) is 13.2 Å². The van der Waals surface area contributed by atoms with Crippen molar-refractivity contribution >= 4 is 17.5 Å². The molecule has 0 saturated carbocycles. The van der Waals surface area contributed by atoms with Crippen molar-refractivity contribution in [1.29, 1.82) is 0 Å². The maximum Gasteiger partial charge on any atom is 0.315 e. The van der Waals surface area contributed by atoms with Gasteiger partial charge >= 0.3 is 6.43 Å². The van der Waals surface area contributed by atoms with Crippen molar-refractivity contribution in [2.45, 2.75) is 50.7 Å². The Kier molecular flexibility index (Phi) is 5.42. The van der Waals surface area contributed by atoms with Crippen LogP contribution >= 0.6 is 11.6 Å². The third kappa shape index (κ3) is 3.61. The Labute approximate surface area is 166 Å². The second-order valence-electron chi connectivity index (χ2n) is 7.24. The molecule has 1 fully saturated rings. The summed E-state index contributed by atoms with van der Waals surface area (Å²) in [4.78, 5) is 16.6. The minimum Gasteiger partial charge on any atom is -0.343 e. The van der Waals surface area contributed by atoms with Crippen LogP contribution in [-0.2, 0) is 15.4 Å². The molecule has 3 rings (SSSR count). The molecular formula is C20H20ClF3N2O2. The maximum absolute atomic E-state index is 15.5. The molecule has 1 aromatic carbocycles. The lowest BCUT2D eigenvalue weighted by molar-refractivity contribution is -0.167. The fourth-order valence-corrected chi connectivity index (χ4v) is 3.73. The van der Waals surface area contributed by atoms with Gasteiger partial charge in [0.15, 0.2) is 0 Å². The predicted molar refractivity (Wildman–Crippen MR) is 99.5 cm³/mol. The summed E-state index contributed by atoms with van der Waals surface area (Å²) in [6, 6.07) is 10.5. The van der Waals surface area contributed by atoms with E-state index in [4.69, 9.17) is 16.3 Å². The zero-order chi connectivity index (χ0) is 20.7. The van der Waals surface area contributed by atoms with Gasteiger partial charge in [-0.25, -0.2) is 4.39 Å². The zero-order valence-electron chi connectivity index (χ0n) is 15.6. The fourth-order valence-electron chi connectivity index (χ4n) is 3.57. The largest absolute Gasteiger partial charge is 0.343 e. The van der Waals surface area contributed by atoms with Crippen LogP contribution in [0.2, 0.25) is 0 Å². The van der Waals surface area contributed by atoms with Crippen molar-refractivity contribution in [2.24, 2.45) is 0 Å². The van der Waals surface area contributed by atoms with E-state index in [0.29, 0.717) is 16.3 Å². The van der Waals surface area contributed by atoms with Gasteiger partial charge in [-0.15, -0.1) is 11.6 Å². The first-order chi connectivity index (χ1) is 13.1. The van der Waals surface area contributed by atoms with Gasteiger partial charge in [0, 0.05) is 11.8 Å². The van der Waals surface area contributed by atoms with Crippen LogP contribution in [0.25, 0.3) is 11.1 Å². The Hall–Kier alpha value is -2.12. The minimum atomic E-state index is -3.32. The number of rotatable bonds is 4. The number of hydrogen-bond donors (Lipinski definition) is 0. The summed E-state index contributed by atoms with van der Waals surface area (Å²) in [6.45, 7) is 3.86. The zero-order valence-corrected chi connectivity index (χ0v) is 16.4. The number of hydrogen-bond acceptors (Lipinski definition) is 3. The van der Waals surface area contributed by atoms with E-state index in [2.05, 4.69) is 4.98 Å². The number of aromatic nitrogens is 1. The Morgan fingerprint density at radius 2 is 1.79 bits per heavy atom. The average molecular weight is 413 g/mol. The highest BCUT2D eigenvalue weighted by molar-refractivity contribution is 6.16. The van der Waals surface area contributed by atoms with Crippen LogP contribution in [-0.4, -0.2) is 33.7 Å². The summed E-state index contributed by atoms with van der Waals surface area (Å²) in [6.07, 6.45) is -2.83. The van der Waals surface area contributed by atoms with Gasteiger partial charge in [-0.3, -0.25) is 14.7 Å². The number of pyridine rings is 1. The third-order valence-corrected chi connectivity index (χ3v) is 5.05. The molecule has 150 valence electrons. The molecule has 0 N–H and O–H groups in total. The number of carbonyl (C=O) groups excluding carboxylic acids is 1. The van der Waals surface area contributed by atoms with Gasteiger partial charge in [0.05, 0.1) is 11.6 Å².